The summed E-state index contributed by atoms with van der Waals surface area (Å²) in [6.07, 6.45) is 20.8. The van der Waals surface area contributed by atoms with Crippen molar-refractivity contribution in [3.8, 4) is 0 Å². The number of rotatable bonds is 38. The van der Waals surface area contributed by atoms with Gasteiger partial charge in [-0.3, -0.25) is 14.4 Å². The first-order valence-electron chi connectivity index (χ1n) is 22.9. The van der Waals surface area contributed by atoms with Gasteiger partial charge in [0.05, 0.1) is 13.2 Å². The molecule has 7 atom stereocenters. The maximum Gasteiger partial charge on any atom is 0.326 e. The third-order valence-corrected chi connectivity index (χ3v) is 11.4. The van der Waals surface area contributed by atoms with E-state index < -0.39 is 98.5 Å². The SMILES string of the molecule is CCCCCCCCCCCCCCC(CCCCCCCCCCCCCC)C(=O)N[C@H](CO[C@H]1O[C@H](CO)[C@@H](O)[C@H](O)[C@@H]1O)C(=O)N[C@H](CCC(=O)O)C(=O)O. The summed E-state index contributed by atoms with van der Waals surface area (Å²) in [7, 11) is 0. The van der Waals surface area contributed by atoms with Crippen LogP contribution in [-0.4, -0.2) is 110 Å². The molecule has 0 aromatic rings. The Kier molecular flexibility index (Phi) is 31.8. The van der Waals surface area contributed by atoms with E-state index in [1.165, 1.54) is 103 Å². The average Bonchev–Trinajstić information content (AvgIpc) is 3.20. The largest absolute Gasteiger partial charge is 0.481 e. The van der Waals surface area contributed by atoms with Crippen molar-refractivity contribution in [2.45, 2.75) is 236 Å². The van der Waals surface area contributed by atoms with Crippen LogP contribution in [0.15, 0.2) is 0 Å². The van der Waals surface area contributed by atoms with Gasteiger partial charge in [0.2, 0.25) is 11.8 Å². The molecule has 14 nitrogen and oxygen atoms in total. The molecule has 8 N–H and O–H groups in total. The normalized spacial score (nSPS) is 20.5. The zero-order valence-corrected chi connectivity index (χ0v) is 36.0. The summed E-state index contributed by atoms with van der Waals surface area (Å²) in [5, 5.41) is 64.3. The number of hydrogen-bond donors (Lipinski definition) is 8. The lowest BCUT2D eigenvalue weighted by Gasteiger charge is -2.40. The van der Waals surface area contributed by atoms with Crippen molar-refractivity contribution in [1.29, 1.82) is 0 Å². The summed E-state index contributed by atoms with van der Waals surface area (Å²) in [6.45, 7) is 3.14. The molecule has 0 aromatic carbocycles. The van der Waals surface area contributed by atoms with Crippen LogP contribution in [0.3, 0.4) is 0 Å². The smallest absolute Gasteiger partial charge is 0.326 e. The highest BCUT2D eigenvalue weighted by Crippen LogP contribution is 2.24. The topological polar surface area (TPSA) is 232 Å². The van der Waals surface area contributed by atoms with Crippen LogP contribution in [-0.2, 0) is 28.7 Å². The molecule has 1 heterocycles. The van der Waals surface area contributed by atoms with Gasteiger partial charge in [-0.25, -0.2) is 4.79 Å². The number of carboxylic acids is 2. The Balaban J connectivity index is 2.92. The Morgan fingerprint density at radius 2 is 0.966 bits per heavy atom. The molecule has 0 unspecified atom stereocenters. The van der Waals surface area contributed by atoms with Crippen LogP contribution in [0.2, 0.25) is 0 Å². The van der Waals surface area contributed by atoms with Crippen molar-refractivity contribution < 1.29 is 59.3 Å². The summed E-state index contributed by atoms with van der Waals surface area (Å²) < 4.78 is 11.0. The summed E-state index contributed by atoms with van der Waals surface area (Å²) in [5.74, 6) is -4.46. The van der Waals surface area contributed by atoms with Gasteiger partial charge in [-0.15, -0.1) is 0 Å². The molecule has 0 aliphatic carbocycles. The fraction of sp³-hybridized carbons (Fsp3) is 0.909. The first-order valence-corrected chi connectivity index (χ1v) is 22.9. The number of ether oxygens (including phenoxy) is 2. The number of carbonyl (C=O) groups is 4. The summed E-state index contributed by atoms with van der Waals surface area (Å²) in [6, 6.07) is -3.04. The van der Waals surface area contributed by atoms with E-state index in [1.807, 2.05) is 0 Å². The number of nitrogens with one attached hydrogen (secondary N) is 2. The zero-order valence-electron chi connectivity index (χ0n) is 36.0. The van der Waals surface area contributed by atoms with Gasteiger partial charge in [-0.05, 0) is 19.3 Å². The Hall–Kier alpha value is -2.36. The third-order valence-electron chi connectivity index (χ3n) is 11.4. The first kappa shape index (κ1) is 53.7. The van der Waals surface area contributed by atoms with E-state index in [2.05, 4.69) is 24.5 Å². The van der Waals surface area contributed by atoms with Gasteiger partial charge in [-0.2, -0.15) is 0 Å². The fourth-order valence-electron chi connectivity index (χ4n) is 7.54. The van der Waals surface area contributed by atoms with Crippen LogP contribution in [0.1, 0.15) is 194 Å². The van der Waals surface area contributed by atoms with Gasteiger partial charge in [0.25, 0.3) is 0 Å². The van der Waals surface area contributed by atoms with Crippen LogP contribution < -0.4 is 10.6 Å². The Morgan fingerprint density at radius 1 is 0.552 bits per heavy atom. The summed E-state index contributed by atoms with van der Waals surface area (Å²) in [4.78, 5) is 50.6. The Labute approximate surface area is 348 Å². The van der Waals surface area contributed by atoms with Crippen molar-refractivity contribution in [1.82, 2.24) is 10.6 Å². The lowest BCUT2D eigenvalue weighted by molar-refractivity contribution is -0.301. The van der Waals surface area contributed by atoms with Crippen molar-refractivity contribution in [2.24, 2.45) is 5.92 Å². The van der Waals surface area contributed by atoms with Crippen LogP contribution in [0.5, 0.6) is 0 Å². The predicted octanol–water partition coefficient (Wildman–Crippen LogP) is 6.52. The molecule has 340 valence electrons. The number of carbonyl (C=O) groups excluding carboxylic acids is 2. The molecular weight excluding hydrogens is 748 g/mol. The number of aliphatic hydroxyl groups excluding tert-OH is 4. The molecular formula is C44H82N2O12. The first-order chi connectivity index (χ1) is 28.0. The van der Waals surface area contributed by atoms with Crippen molar-refractivity contribution in [3.05, 3.63) is 0 Å². The highest BCUT2D eigenvalue weighted by molar-refractivity contribution is 5.91. The van der Waals surface area contributed by atoms with Gasteiger partial charge in [0.15, 0.2) is 6.29 Å². The zero-order chi connectivity index (χ0) is 43.0. The number of unbranched alkanes of at least 4 members (excludes halogenated alkanes) is 22. The monoisotopic (exact) mass is 831 g/mol. The molecule has 1 aliphatic heterocycles. The average molecular weight is 831 g/mol. The van der Waals surface area contributed by atoms with Crippen molar-refractivity contribution >= 4 is 23.8 Å². The van der Waals surface area contributed by atoms with Gasteiger partial charge in [0.1, 0.15) is 36.5 Å². The Bertz CT molecular complexity index is 1050. The quantitative estimate of drug-likeness (QED) is 0.0311. The molecule has 0 spiro atoms. The molecule has 1 fully saturated rings. The standard InChI is InChI=1S/C44H82N2O12/c1-3-5-7-9-11-13-15-17-19-21-23-25-27-33(28-26-24-22-20-18-16-14-12-10-8-6-4-2)41(53)46-35(42(54)45-34(43(55)56)29-30-37(48)49)32-57-44-40(52)39(51)38(50)36(31-47)58-44/h33-36,38-40,44,47,50-52H,3-32H2,1-2H3,(H,45,54)(H,46,53)(H,48,49)(H,55,56)/t34-,35-,36-,38-,39+,40+,44+/m1/s1. The number of aliphatic carboxylic acids is 2. The second-order valence-electron chi connectivity index (χ2n) is 16.5. The molecule has 0 aromatic heterocycles. The van der Waals surface area contributed by atoms with E-state index in [9.17, 15) is 44.7 Å². The van der Waals surface area contributed by atoms with Gasteiger partial charge < -0.3 is 50.7 Å². The molecule has 14 heteroatoms. The molecule has 1 aliphatic rings. The van der Waals surface area contributed by atoms with E-state index in [0.29, 0.717) is 12.8 Å². The van der Waals surface area contributed by atoms with E-state index in [4.69, 9.17) is 14.6 Å². The van der Waals surface area contributed by atoms with Gasteiger partial charge in [-0.1, -0.05) is 168 Å². The Morgan fingerprint density at radius 3 is 1.36 bits per heavy atom. The molecule has 0 radical (unpaired) electrons. The lowest BCUT2D eigenvalue weighted by Crippen LogP contribution is -2.60. The van der Waals surface area contributed by atoms with E-state index >= 15 is 0 Å². The molecule has 58 heavy (non-hydrogen) atoms. The third kappa shape index (κ3) is 24.7. The molecule has 2 amide bonds. The number of amides is 2. The van der Waals surface area contributed by atoms with Gasteiger partial charge in [0, 0.05) is 12.3 Å². The highest BCUT2D eigenvalue weighted by atomic mass is 16.7. The van der Waals surface area contributed by atoms with E-state index in [-0.39, 0.29) is 0 Å². The van der Waals surface area contributed by atoms with Crippen molar-refractivity contribution in [2.75, 3.05) is 13.2 Å². The molecule has 0 saturated carbocycles. The second-order valence-corrected chi connectivity index (χ2v) is 16.5. The fourth-order valence-corrected chi connectivity index (χ4v) is 7.54. The predicted molar refractivity (Wildman–Crippen MR) is 223 cm³/mol. The maximum atomic E-state index is 13.9. The molecule has 1 rings (SSSR count). The summed E-state index contributed by atoms with van der Waals surface area (Å²) in [5.41, 5.74) is 0. The van der Waals surface area contributed by atoms with Crippen LogP contribution in [0, 0.1) is 5.92 Å². The molecule has 1 saturated heterocycles. The lowest BCUT2D eigenvalue weighted by atomic mass is 9.92. The van der Waals surface area contributed by atoms with E-state index in [0.717, 1.165) is 51.4 Å². The number of aliphatic hydroxyl groups is 4. The second kappa shape index (κ2) is 34.4. The minimum absolute atomic E-state index is 0.398. The van der Waals surface area contributed by atoms with Gasteiger partial charge >= 0.3 is 11.9 Å². The number of hydrogen-bond acceptors (Lipinski definition) is 10. The van der Waals surface area contributed by atoms with Crippen LogP contribution in [0.4, 0.5) is 0 Å². The molecule has 0 bridgehead atoms. The minimum atomic E-state index is -1.76. The van der Waals surface area contributed by atoms with E-state index in [1.54, 1.807) is 0 Å². The minimum Gasteiger partial charge on any atom is -0.481 e. The van der Waals surface area contributed by atoms with Crippen LogP contribution in [0.25, 0.3) is 0 Å². The number of carboxylic acid groups (broad SMARTS) is 2. The maximum absolute atomic E-state index is 13.9. The van der Waals surface area contributed by atoms with Crippen LogP contribution >= 0.6 is 0 Å². The summed E-state index contributed by atoms with van der Waals surface area (Å²) >= 11 is 0. The van der Waals surface area contributed by atoms with Crippen molar-refractivity contribution in [3.63, 3.8) is 0 Å². The highest BCUT2D eigenvalue weighted by Gasteiger charge is 2.44.